The van der Waals surface area contributed by atoms with Gasteiger partial charge in [-0.2, -0.15) is 0 Å². The van der Waals surface area contributed by atoms with Crippen molar-refractivity contribution in [2.24, 2.45) is 0 Å². The lowest BCUT2D eigenvalue weighted by atomic mass is 10.1. The Labute approximate surface area is 118 Å². The molecule has 5 nitrogen and oxygen atoms in total. The minimum atomic E-state index is -0.433. The smallest absolute Gasteiger partial charge is 0.259 e. The van der Waals surface area contributed by atoms with E-state index >= 15 is 0 Å². The highest BCUT2D eigenvalue weighted by molar-refractivity contribution is 9.10. The van der Waals surface area contributed by atoms with Crippen molar-refractivity contribution in [2.45, 2.75) is 6.92 Å². The third-order valence-electron chi connectivity index (χ3n) is 2.61. The van der Waals surface area contributed by atoms with E-state index in [2.05, 4.69) is 26.2 Å². The van der Waals surface area contributed by atoms with Crippen LogP contribution in [0.4, 0.5) is 11.4 Å². The van der Waals surface area contributed by atoms with Crippen LogP contribution in [0.25, 0.3) is 0 Å². The molecule has 2 aromatic rings. The van der Waals surface area contributed by atoms with E-state index < -0.39 is 5.91 Å². The number of nitrogens with one attached hydrogen (secondary N) is 1. The first-order valence-corrected chi connectivity index (χ1v) is 6.30. The predicted octanol–water partition coefficient (Wildman–Crippen LogP) is 2.69. The minimum absolute atomic E-state index is 0.127. The van der Waals surface area contributed by atoms with Crippen molar-refractivity contribution in [2.75, 3.05) is 11.1 Å². The number of hydrogen-bond donors (Lipinski definition) is 3. The number of phenolic OH excluding ortho intramolecular Hbond substituents is 1. The Balaban J connectivity index is 2.28. The van der Waals surface area contributed by atoms with E-state index in [1.54, 1.807) is 25.1 Å². The molecule has 0 aliphatic heterocycles. The number of phenols is 1. The number of hydrogen-bond acceptors (Lipinski definition) is 4. The maximum atomic E-state index is 12.1. The van der Waals surface area contributed by atoms with Crippen LogP contribution in [0.5, 0.6) is 5.75 Å². The van der Waals surface area contributed by atoms with E-state index in [1.165, 1.54) is 12.1 Å². The van der Waals surface area contributed by atoms with Gasteiger partial charge in [0.25, 0.3) is 5.91 Å². The minimum Gasteiger partial charge on any atom is -0.505 e. The van der Waals surface area contributed by atoms with Gasteiger partial charge in [0.15, 0.2) is 5.75 Å². The Morgan fingerprint density at radius 2 is 2.11 bits per heavy atom. The standard InChI is InChI=1S/C13H12BrN3O2/c1-7-10(5-6-11(14)16-7)17-13(19)8-3-2-4-9(15)12(8)18/h2-6,18H,15H2,1H3,(H,17,19). The molecule has 0 spiro atoms. The molecular weight excluding hydrogens is 310 g/mol. The molecule has 4 N–H and O–H groups in total. The third-order valence-corrected chi connectivity index (χ3v) is 3.05. The second-order valence-corrected chi connectivity index (χ2v) is 4.78. The van der Waals surface area contributed by atoms with E-state index in [9.17, 15) is 9.90 Å². The number of aromatic nitrogens is 1. The number of anilines is 2. The molecular formula is C13H12BrN3O2. The van der Waals surface area contributed by atoms with E-state index in [-0.39, 0.29) is 17.0 Å². The molecule has 0 aliphatic carbocycles. The van der Waals surface area contributed by atoms with Crippen LogP contribution in [0.15, 0.2) is 34.9 Å². The van der Waals surface area contributed by atoms with Gasteiger partial charge in [0, 0.05) is 0 Å². The van der Waals surface area contributed by atoms with Crippen LogP contribution in [0.3, 0.4) is 0 Å². The highest BCUT2D eigenvalue weighted by atomic mass is 79.9. The van der Waals surface area contributed by atoms with Crippen molar-refractivity contribution in [3.63, 3.8) is 0 Å². The van der Waals surface area contributed by atoms with Crippen molar-refractivity contribution >= 4 is 33.2 Å². The number of nitrogens with zero attached hydrogens (tertiary/aromatic N) is 1. The van der Waals surface area contributed by atoms with Gasteiger partial charge in [-0.05, 0) is 47.1 Å². The normalized spacial score (nSPS) is 10.2. The zero-order chi connectivity index (χ0) is 14.0. The zero-order valence-electron chi connectivity index (χ0n) is 10.1. The van der Waals surface area contributed by atoms with Gasteiger partial charge >= 0.3 is 0 Å². The lowest BCUT2D eigenvalue weighted by Crippen LogP contribution is -2.13. The van der Waals surface area contributed by atoms with Gasteiger partial charge in [-0.1, -0.05) is 6.07 Å². The average Bonchev–Trinajstić information content (AvgIpc) is 2.36. The molecule has 0 unspecified atom stereocenters. The SMILES string of the molecule is Cc1nc(Br)ccc1NC(=O)c1cccc(N)c1O. The van der Waals surface area contributed by atoms with Gasteiger partial charge in [0.05, 0.1) is 22.6 Å². The third kappa shape index (κ3) is 2.85. The monoisotopic (exact) mass is 321 g/mol. The number of aryl methyl sites for hydroxylation is 1. The highest BCUT2D eigenvalue weighted by Gasteiger charge is 2.14. The predicted molar refractivity (Wildman–Crippen MR) is 77.1 cm³/mol. The number of carbonyl (C=O) groups excluding carboxylic acids is 1. The Morgan fingerprint density at radius 3 is 2.79 bits per heavy atom. The number of pyridine rings is 1. The summed E-state index contributed by atoms with van der Waals surface area (Å²) >= 11 is 3.25. The van der Waals surface area contributed by atoms with Crippen LogP contribution in [0.1, 0.15) is 16.1 Å². The van der Waals surface area contributed by atoms with Gasteiger partial charge in [-0.3, -0.25) is 4.79 Å². The summed E-state index contributed by atoms with van der Waals surface area (Å²) in [6.45, 7) is 1.78. The molecule has 1 aromatic heterocycles. The van der Waals surface area contributed by atoms with Gasteiger partial charge in [0.1, 0.15) is 4.60 Å². The molecule has 0 atom stereocenters. The molecule has 1 aromatic carbocycles. The molecule has 1 heterocycles. The fourth-order valence-electron chi connectivity index (χ4n) is 1.60. The van der Waals surface area contributed by atoms with E-state index in [0.29, 0.717) is 16.0 Å². The maximum Gasteiger partial charge on any atom is 0.259 e. The summed E-state index contributed by atoms with van der Waals surface area (Å²) in [6, 6.07) is 8.09. The maximum absolute atomic E-state index is 12.1. The number of amides is 1. The first-order chi connectivity index (χ1) is 8.99. The van der Waals surface area contributed by atoms with Crippen LogP contribution in [0.2, 0.25) is 0 Å². The molecule has 0 bridgehead atoms. The fourth-order valence-corrected chi connectivity index (χ4v) is 1.99. The molecule has 98 valence electrons. The van der Waals surface area contributed by atoms with Gasteiger partial charge in [-0.15, -0.1) is 0 Å². The van der Waals surface area contributed by atoms with Crippen LogP contribution in [-0.2, 0) is 0 Å². The first kappa shape index (κ1) is 13.4. The van der Waals surface area contributed by atoms with Gasteiger partial charge in [-0.25, -0.2) is 4.98 Å². The summed E-state index contributed by atoms with van der Waals surface area (Å²) < 4.78 is 0.690. The number of halogens is 1. The van der Waals surface area contributed by atoms with Crippen LogP contribution in [-0.4, -0.2) is 16.0 Å². The average molecular weight is 322 g/mol. The topological polar surface area (TPSA) is 88.2 Å². The van der Waals surface area contributed by atoms with E-state index in [0.717, 1.165) is 0 Å². The van der Waals surface area contributed by atoms with E-state index in [1.807, 2.05) is 0 Å². The van der Waals surface area contributed by atoms with Crippen molar-refractivity contribution in [1.82, 2.24) is 4.98 Å². The number of nitrogen functional groups attached to an aromatic ring is 1. The molecule has 0 aliphatic rings. The second kappa shape index (κ2) is 5.27. The summed E-state index contributed by atoms with van der Waals surface area (Å²) in [7, 11) is 0. The van der Waals surface area contributed by atoms with Crippen molar-refractivity contribution in [3.05, 3.63) is 46.2 Å². The summed E-state index contributed by atoms with van der Waals surface area (Å²) in [4.78, 5) is 16.2. The van der Waals surface area contributed by atoms with E-state index in [4.69, 9.17) is 5.73 Å². The van der Waals surface area contributed by atoms with Crippen molar-refractivity contribution < 1.29 is 9.90 Å². The number of benzene rings is 1. The number of carbonyl (C=O) groups is 1. The Morgan fingerprint density at radius 1 is 1.37 bits per heavy atom. The first-order valence-electron chi connectivity index (χ1n) is 5.51. The molecule has 19 heavy (non-hydrogen) atoms. The summed E-state index contributed by atoms with van der Waals surface area (Å²) in [6.07, 6.45) is 0. The quantitative estimate of drug-likeness (QED) is 0.451. The fraction of sp³-hybridized carbons (Fsp3) is 0.0769. The van der Waals surface area contributed by atoms with Crippen LogP contribution >= 0.6 is 15.9 Å². The number of para-hydroxylation sites is 1. The number of rotatable bonds is 2. The van der Waals surface area contributed by atoms with Crippen LogP contribution in [0, 0.1) is 6.92 Å². The summed E-state index contributed by atoms with van der Waals surface area (Å²) in [5, 5.41) is 12.4. The highest BCUT2D eigenvalue weighted by Crippen LogP contribution is 2.25. The van der Waals surface area contributed by atoms with Gasteiger partial charge < -0.3 is 16.2 Å². The lowest BCUT2D eigenvalue weighted by Gasteiger charge is -2.10. The molecule has 0 saturated heterocycles. The molecule has 0 fully saturated rings. The van der Waals surface area contributed by atoms with Crippen molar-refractivity contribution in [3.8, 4) is 5.75 Å². The Hall–Kier alpha value is -2.08. The largest absolute Gasteiger partial charge is 0.505 e. The molecule has 0 saturated carbocycles. The molecule has 0 radical (unpaired) electrons. The Kier molecular flexibility index (Phi) is 3.71. The zero-order valence-corrected chi connectivity index (χ0v) is 11.7. The van der Waals surface area contributed by atoms with Gasteiger partial charge in [0.2, 0.25) is 0 Å². The summed E-state index contributed by atoms with van der Waals surface area (Å²) in [5.74, 6) is -0.653. The lowest BCUT2D eigenvalue weighted by molar-refractivity contribution is 0.102. The Bertz CT molecular complexity index is 644. The summed E-state index contributed by atoms with van der Waals surface area (Å²) in [5.41, 5.74) is 7.10. The van der Waals surface area contributed by atoms with Crippen LogP contribution < -0.4 is 11.1 Å². The number of aromatic hydroxyl groups is 1. The molecule has 1 amide bonds. The number of nitrogens with two attached hydrogens (primary N) is 1. The molecule has 2 rings (SSSR count). The molecule has 6 heteroatoms. The second-order valence-electron chi connectivity index (χ2n) is 3.96. The van der Waals surface area contributed by atoms with Crippen molar-refractivity contribution in [1.29, 1.82) is 0 Å².